The van der Waals surface area contributed by atoms with Gasteiger partial charge in [-0.25, -0.2) is 0 Å². The minimum Gasteiger partial charge on any atom is -0.431 e. The first-order chi connectivity index (χ1) is 5.24. The third-order valence-corrected chi connectivity index (χ3v) is 2.02. The fraction of sp³-hybridized carbons (Fsp3) is 0.667. The van der Waals surface area contributed by atoms with Gasteiger partial charge in [-0.15, -0.1) is 0 Å². The van der Waals surface area contributed by atoms with Crippen LogP contribution < -0.4 is 0 Å². The lowest BCUT2D eigenvalue weighted by molar-refractivity contribution is -0.135. The van der Waals surface area contributed by atoms with E-state index in [0.29, 0.717) is 18.1 Å². The molecular formula is C9H14O2. The Bertz CT molecular complexity index is 172. The second-order valence-corrected chi connectivity index (χ2v) is 2.98. The van der Waals surface area contributed by atoms with Crippen molar-refractivity contribution < 1.29 is 9.53 Å². The smallest absolute Gasteiger partial charge is 0.311 e. The van der Waals surface area contributed by atoms with E-state index < -0.39 is 0 Å². The van der Waals surface area contributed by atoms with Gasteiger partial charge in [0.1, 0.15) is 5.76 Å². The van der Waals surface area contributed by atoms with Crippen molar-refractivity contribution in [2.75, 3.05) is 0 Å². The Labute approximate surface area is 67.2 Å². The zero-order chi connectivity index (χ0) is 8.27. The van der Waals surface area contributed by atoms with Crippen LogP contribution >= 0.6 is 0 Å². The maximum Gasteiger partial charge on any atom is 0.311 e. The van der Waals surface area contributed by atoms with Crippen LogP contribution in [0.5, 0.6) is 0 Å². The highest BCUT2D eigenvalue weighted by Crippen LogP contribution is 2.28. The summed E-state index contributed by atoms with van der Waals surface area (Å²) in [5, 5.41) is 0. The van der Waals surface area contributed by atoms with Gasteiger partial charge in [0.05, 0.1) is 6.42 Å². The topological polar surface area (TPSA) is 26.3 Å². The Morgan fingerprint density at radius 1 is 1.73 bits per heavy atom. The summed E-state index contributed by atoms with van der Waals surface area (Å²) in [6.07, 6.45) is 3.90. The standard InChI is InChI=1S/C9H14O2/c1-3-4-5-8-6-9(10)11-7(8)2/h8H,2-6H2,1H3. The van der Waals surface area contributed by atoms with Gasteiger partial charge < -0.3 is 4.74 Å². The van der Waals surface area contributed by atoms with Crippen LogP contribution in [0.1, 0.15) is 32.6 Å². The molecule has 0 saturated carbocycles. The molecule has 0 aromatic heterocycles. The zero-order valence-electron chi connectivity index (χ0n) is 6.93. The molecular weight excluding hydrogens is 140 g/mol. The van der Waals surface area contributed by atoms with Crippen LogP contribution in [-0.4, -0.2) is 5.97 Å². The maximum absolute atomic E-state index is 10.7. The molecule has 1 rings (SSSR count). The fourth-order valence-corrected chi connectivity index (χ4v) is 1.30. The van der Waals surface area contributed by atoms with E-state index in [-0.39, 0.29) is 5.97 Å². The molecule has 0 N–H and O–H groups in total. The van der Waals surface area contributed by atoms with Crippen molar-refractivity contribution in [3.63, 3.8) is 0 Å². The van der Waals surface area contributed by atoms with E-state index >= 15 is 0 Å². The molecule has 1 fully saturated rings. The van der Waals surface area contributed by atoms with Crippen LogP contribution in [0.25, 0.3) is 0 Å². The number of cyclic esters (lactones) is 1. The first-order valence-electron chi connectivity index (χ1n) is 4.13. The number of carbonyl (C=O) groups excluding carboxylic acids is 1. The summed E-state index contributed by atoms with van der Waals surface area (Å²) in [4.78, 5) is 10.7. The summed E-state index contributed by atoms with van der Waals surface area (Å²) in [5.41, 5.74) is 0. The van der Waals surface area contributed by atoms with Crippen molar-refractivity contribution in [2.24, 2.45) is 5.92 Å². The van der Waals surface area contributed by atoms with Gasteiger partial charge in [-0.05, 0) is 6.42 Å². The van der Waals surface area contributed by atoms with Gasteiger partial charge in [-0.1, -0.05) is 26.3 Å². The average molecular weight is 154 g/mol. The Hall–Kier alpha value is -0.790. The maximum atomic E-state index is 10.7. The molecule has 11 heavy (non-hydrogen) atoms. The average Bonchev–Trinajstić information content (AvgIpc) is 2.26. The van der Waals surface area contributed by atoms with Crippen LogP contribution in [0, 0.1) is 5.92 Å². The molecule has 1 aliphatic heterocycles. The van der Waals surface area contributed by atoms with Gasteiger partial charge in [0.15, 0.2) is 0 Å². The van der Waals surface area contributed by atoms with E-state index in [0.717, 1.165) is 19.3 Å². The minimum atomic E-state index is -0.115. The van der Waals surface area contributed by atoms with Crippen molar-refractivity contribution in [3.05, 3.63) is 12.3 Å². The van der Waals surface area contributed by atoms with Crippen LogP contribution in [0.3, 0.4) is 0 Å². The van der Waals surface area contributed by atoms with Crippen LogP contribution in [0.4, 0.5) is 0 Å². The first kappa shape index (κ1) is 8.31. The Morgan fingerprint density at radius 3 is 2.91 bits per heavy atom. The zero-order valence-corrected chi connectivity index (χ0v) is 6.93. The number of esters is 1. The van der Waals surface area contributed by atoms with Crippen molar-refractivity contribution in [1.29, 1.82) is 0 Å². The Kier molecular flexibility index (Phi) is 2.69. The predicted octanol–water partition coefficient (Wildman–Crippen LogP) is 2.25. The molecule has 0 aromatic rings. The van der Waals surface area contributed by atoms with Crippen molar-refractivity contribution >= 4 is 5.97 Å². The van der Waals surface area contributed by atoms with E-state index in [1.54, 1.807) is 0 Å². The number of hydrogen-bond donors (Lipinski definition) is 0. The molecule has 1 aliphatic rings. The molecule has 0 aliphatic carbocycles. The molecule has 0 bridgehead atoms. The van der Waals surface area contributed by atoms with E-state index in [1.165, 1.54) is 0 Å². The van der Waals surface area contributed by atoms with E-state index in [1.807, 2.05) is 0 Å². The largest absolute Gasteiger partial charge is 0.431 e. The summed E-state index contributed by atoms with van der Waals surface area (Å²) in [6.45, 7) is 5.84. The molecule has 62 valence electrons. The van der Waals surface area contributed by atoms with Gasteiger partial charge in [0, 0.05) is 5.92 Å². The van der Waals surface area contributed by atoms with Crippen molar-refractivity contribution in [2.45, 2.75) is 32.6 Å². The molecule has 0 aromatic carbocycles. The molecule has 2 nitrogen and oxygen atoms in total. The molecule has 0 spiro atoms. The summed E-state index contributed by atoms with van der Waals surface area (Å²) < 4.78 is 4.84. The monoisotopic (exact) mass is 154 g/mol. The van der Waals surface area contributed by atoms with E-state index in [4.69, 9.17) is 4.74 Å². The molecule has 0 amide bonds. The van der Waals surface area contributed by atoms with Crippen LogP contribution in [-0.2, 0) is 9.53 Å². The SMILES string of the molecule is C=C1OC(=O)CC1CCCC. The number of allylic oxidation sites excluding steroid dienone is 1. The molecule has 1 unspecified atom stereocenters. The fourth-order valence-electron chi connectivity index (χ4n) is 1.30. The van der Waals surface area contributed by atoms with Crippen molar-refractivity contribution in [1.82, 2.24) is 0 Å². The lowest BCUT2D eigenvalue weighted by atomic mass is 9.99. The van der Waals surface area contributed by atoms with E-state index in [2.05, 4.69) is 13.5 Å². The number of unbranched alkanes of at least 4 members (excludes halogenated alkanes) is 1. The molecule has 2 heteroatoms. The normalized spacial score (nSPS) is 23.9. The lowest BCUT2D eigenvalue weighted by Gasteiger charge is -2.04. The lowest BCUT2D eigenvalue weighted by Crippen LogP contribution is -1.96. The molecule has 0 radical (unpaired) electrons. The second kappa shape index (κ2) is 3.56. The number of hydrogen-bond acceptors (Lipinski definition) is 2. The van der Waals surface area contributed by atoms with Crippen LogP contribution in [0.2, 0.25) is 0 Å². The third kappa shape index (κ3) is 2.07. The Morgan fingerprint density at radius 2 is 2.45 bits per heavy atom. The highest BCUT2D eigenvalue weighted by atomic mass is 16.5. The highest BCUT2D eigenvalue weighted by molar-refractivity contribution is 5.74. The number of rotatable bonds is 3. The summed E-state index contributed by atoms with van der Waals surface area (Å²) in [5.74, 6) is 0.849. The first-order valence-corrected chi connectivity index (χ1v) is 4.13. The van der Waals surface area contributed by atoms with Crippen LogP contribution in [0.15, 0.2) is 12.3 Å². The second-order valence-electron chi connectivity index (χ2n) is 2.98. The van der Waals surface area contributed by atoms with E-state index in [9.17, 15) is 4.79 Å². The summed E-state index contributed by atoms with van der Waals surface area (Å²) >= 11 is 0. The molecule has 1 saturated heterocycles. The van der Waals surface area contributed by atoms with Gasteiger partial charge in [0.25, 0.3) is 0 Å². The number of carbonyl (C=O) groups is 1. The highest BCUT2D eigenvalue weighted by Gasteiger charge is 2.27. The van der Waals surface area contributed by atoms with Gasteiger partial charge >= 0.3 is 5.97 Å². The third-order valence-electron chi connectivity index (χ3n) is 2.02. The molecule has 1 atom stereocenters. The number of ether oxygens (including phenoxy) is 1. The van der Waals surface area contributed by atoms with Gasteiger partial charge in [-0.2, -0.15) is 0 Å². The quantitative estimate of drug-likeness (QED) is 0.583. The molecule has 1 heterocycles. The summed E-state index contributed by atoms with van der Waals surface area (Å²) in [7, 11) is 0. The van der Waals surface area contributed by atoms with Crippen molar-refractivity contribution in [3.8, 4) is 0 Å². The predicted molar refractivity (Wildman–Crippen MR) is 42.9 cm³/mol. The van der Waals surface area contributed by atoms with Gasteiger partial charge in [-0.3, -0.25) is 4.79 Å². The minimum absolute atomic E-state index is 0.115. The Balaban J connectivity index is 2.34. The van der Waals surface area contributed by atoms with Gasteiger partial charge in [0.2, 0.25) is 0 Å². The summed E-state index contributed by atoms with van der Waals surface area (Å²) in [6, 6.07) is 0.